The minimum absolute atomic E-state index is 0.0270. The first-order valence-corrected chi connectivity index (χ1v) is 13.3. The zero-order chi connectivity index (χ0) is 27.0. The fraction of sp³-hybridized carbons (Fsp3) is 0.250. The van der Waals surface area contributed by atoms with Crippen LogP contribution >= 0.6 is 0 Å². The molecular formula is C32H33N3O4. The molecule has 1 saturated heterocycles. The van der Waals surface area contributed by atoms with Gasteiger partial charge >= 0.3 is 5.97 Å². The minimum Gasteiger partial charge on any atom is -0.460 e. The van der Waals surface area contributed by atoms with E-state index in [0.717, 1.165) is 42.7 Å². The topological polar surface area (TPSA) is 89.0 Å². The Bertz CT molecular complexity index is 1350. The summed E-state index contributed by atoms with van der Waals surface area (Å²) in [5, 5.41) is 0. The van der Waals surface area contributed by atoms with Gasteiger partial charge in [-0.25, -0.2) is 0 Å². The molecule has 0 spiro atoms. The van der Waals surface area contributed by atoms with Crippen LogP contribution < -0.4 is 10.6 Å². The molecule has 1 amide bonds. The summed E-state index contributed by atoms with van der Waals surface area (Å²) in [6, 6.07) is 30.3. The van der Waals surface area contributed by atoms with Gasteiger partial charge < -0.3 is 24.7 Å². The summed E-state index contributed by atoms with van der Waals surface area (Å²) in [6.45, 7) is 2.28. The second-order valence-corrected chi connectivity index (χ2v) is 9.84. The van der Waals surface area contributed by atoms with Crippen LogP contribution in [0, 0.1) is 0 Å². The van der Waals surface area contributed by atoms with E-state index in [9.17, 15) is 9.59 Å². The number of rotatable bonds is 9. The standard InChI is InChI=1S/C32H33N3O4/c33-26-13-7-14-28(21-26)35(31(36)30-15-8-20-38-30)27-16-18-34(19-17-27)22-29(25-11-5-2-6-12-25)32(37)39-23-24-9-3-1-4-10-24/h1-15,20-21,27,29H,16-19,22-23,33H2. The number of hydrogen-bond acceptors (Lipinski definition) is 6. The summed E-state index contributed by atoms with van der Waals surface area (Å²) in [6.07, 6.45) is 3.01. The average Bonchev–Trinajstić information content (AvgIpc) is 3.52. The number of anilines is 2. The molecule has 1 atom stereocenters. The molecule has 3 aromatic carbocycles. The number of furan rings is 1. The van der Waals surface area contributed by atoms with E-state index in [1.54, 1.807) is 17.0 Å². The highest BCUT2D eigenvalue weighted by atomic mass is 16.5. The van der Waals surface area contributed by atoms with Gasteiger partial charge in [-0.15, -0.1) is 0 Å². The van der Waals surface area contributed by atoms with Crippen LogP contribution in [0.15, 0.2) is 108 Å². The number of ether oxygens (including phenoxy) is 1. The number of nitrogen functional groups attached to an aromatic ring is 1. The molecule has 0 radical (unpaired) electrons. The molecule has 4 aromatic rings. The summed E-state index contributed by atoms with van der Waals surface area (Å²) in [5.41, 5.74) is 9.30. The van der Waals surface area contributed by atoms with Crippen LogP contribution in [0.1, 0.15) is 40.4 Å². The van der Waals surface area contributed by atoms with E-state index in [1.165, 1.54) is 6.26 Å². The third kappa shape index (κ3) is 6.56. The van der Waals surface area contributed by atoms with Crippen LogP contribution in [0.5, 0.6) is 0 Å². The Morgan fingerprint density at radius 2 is 1.64 bits per heavy atom. The zero-order valence-electron chi connectivity index (χ0n) is 21.8. The minimum atomic E-state index is -0.402. The smallest absolute Gasteiger partial charge is 0.315 e. The van der Waals surface area contributed by atoms with Crippen molar-refractivity contribution in [3.05, 3.63) is 120 Å². The Hall–Kier alpha value is -4.36. The molecule has 200 valence electrons. The molecule has 2 heterocycles. The first-order valence-electron chi connectivity index (χ1n) is 13.3. The first-order chi connectivity index (χ1) is 19.1. The highest BCUT2D eigenvalue weighted by molar-refractivity contribution is 6.04. The van der Waals surface area contributed by atoms with Gasteiger partial charge in [-0.3, -0.25) is 9.59 Å². The summed E-state index contributed by atoms with van der Waals surface area (Å²) in [7, 11) is 0. The Morgan fingerprint density at radius 3 is 2.31 bits per heavy atom. The van der Waals surface area contributed by atoms with Gasteiger partial charge in [0.2, 0.25) is 0 Å². The number of esters is 1. The van der Waals surface area contributed by atoms with E-state index >= 15 is 0 Å². The molecule has 1 fully saturated rings. The largest absolute Gasteiger partial charge is 0.460 e. The SMILES string of the molecule is Nc1cccc(N(C(=O)c2ccco2)C2CCN(CC(C(=O)OCc3ccccc3)c3ccccc3)CC2)c1. The molecule has 1 aromatic heterocycles. The van der Waals surface area contributed by atoms with Gasteiger partial charge in [0.25, 0.3) is 5.91 Å². The molecule has 39 heavy (non-hydrogen) atoms. The van der Waals surface area contributed by atoms with Crippen LogP contribution in [0.4, 0.5) is 11.4 Å². The van der Waals surface area contributed by atoms with Crippen molar-refractivity contribution < 1.29 is 18.7 Å². The van der Waals surface area contributed by atoms with Gasteiger partial charge in [-0.05, 0) is 54.3 Å². The normalized spacial score (nSPS) is 15.0. The number of amides is 1. The highest BCUT2D eigenvalue weighted by Gasteiger charge is 2.33. The van der Waals surface area contributed by atoms with Crippen molar-refractivity contribution in [2.75, 3.05) is 30.3 Å². The molecule has 5 rings (SSSR count). The van der Waals surface area contributed by atoms with E-state index < -0.39 is 5.92 Å². The van der Waals surface area contributed by atoms with Crippen LogP contribution in [-0.4, -0.2) is 42.5 Å². The summed E-state index contributed by atoms with van der Waals surface area (Å²) < 4.78 is 11.2. The third-order valence-corrected chi connectivity index (χ3v) is 7.17. The van der Waals surface area contributed by atoms with E-state index in [2.05, 4.69) is 4.90 Å². The van der Waals surface area contributed by atoms with Crippen molar-refractivity contribution in [1.29, 1.82) is 0 Å². The maximum atomic E-state index is 13.5. The van der Waals surface area contributed by atoms with Gasteiger partial charge in [0.1, 0.15) is 6.61 Å². The molecule has 0 saturated carbocycles. The quantitative estimate of drug-likeness (QED) is 0.230. The fourth-order valence-electron chi connectivity index (χ4n) is 5.14. The van der Waals surface area contributed by atoms with Crippen molar-refractivity contribution in [3.63, 3.8) is 0 Å². The monoisotopic (exact) mass is 523 g/mol. The number of nitrogens with two attached hydrogens (primary N) is 1. The Balaban J connectivity index is 1.28. The zero-order valence-corrected chi connectivity index (χ0v) is 21.8. The summed E-state index contributed by atoms with van der Waals surface area (Å²) in [5.74, 6) is -0.524. The average molecular weight is 524 g/mol. The van der Waals surface area contributed by atoms with Crippen LogP contribution in [-0.2, 0) is 16.1 Å². The number of benzene rings is 3. The number of carbonyl (C=O) groups excluding carboxylic acids is 2. The molecule has 0 aliphatic carbocycles. The maximum absolute atomic E-state index is 13.5. The lowest BCUT2D eigenvalue weighted by atomic mass is 9.96. The third-order valence-electron chi connectivity index (χ3n) is 7.17. The molecule has 0 bridgehead atoms. The number of piperidine rings is 1. The molecule has 7 nitrogen and oxygen atoms in total. The van der Waals surface area contributed by atoms with E-state index in [-0.39, 0.29) is 24.5 Å². The Morgan fingerprint density at radius 1 is 0.923 bits per heavy atom. The van der Waals surface area contributed by atoms with Crippen molar-refractivity contribution in [2.45, 2.75) is 31.4 Å². The molecule has 7 heteroatoms. The van der Waals surface area contributed by atoms with Crippen LogP contribution in [0.2, 0.25) is 0 Å². The molecule has 1 aliphatic rings. The van der Waals surface area contributed by atoms with Gasteiger partial charge in [0.15, 0.2) is 5.76 Å². The van der Waals surface area contributed by atoms with Gasteiger partial charge in [0.05, 0.1) is 12.2 Å². The van der Waals surface area contributed by atoms with E-state index in [4.69, 9.17) is 14.9 Å². The van der Waals surface area contributed by atoms with Crippen molar-refractivity contribution in [3.8, 4) is 0 Å². The predicted octanol–water partition coefficient (Wildman–Crippen LogP) is 5.50. The molecule has 1 unspecified atom stereocenters. The van der Waals surface area contributed by atoms with E-state index in [1.807, 2.05) is 84.9 Å². The Kier molecular flexibility index (Phi) is 8.39. The lowest BCUT2D eigenvalue weighted by molar-refractivity contribution is -0.147. The van der Waals surface area contributed by atoms with E-state index in [0.29, 0.717) is 18.0 Å². The molecule has 1 aliphatic heterocycles. The van der Waals surface area contributed by atoms with Crippen LogP contribution in [0.25, 0.3) is 0 Å². The van der Waals surface area contributed by atoms with Crippen molar-refractivity contribution >= 4 is 23.3 Å². The maximum Gasteiger partial charge on any atom is 0.315 e. The first kappa shape index (κ1) is 26.3. The number of carbonyl (C=O) groups is 2. The number of hydrogen-bond donors (Lipinski definition) is 1. The van der Waals surface area contributed by atoms with Gasteiger partial charge in [-0.2, -0.15) is 0 Å². The number of likely N-dealkylation sites (tertiary alicyclic amines) is 1. The second kappa shape index (κ2) is 12.5. The van der Waals surface area contributed by atoms with Crippen LogP contribution in [0.3, 0.4) is 0 Å². The molecule has 2 N–H and O–H groups in total. The second-order valence-electron chi connectivity index (χ2n) is 9.84. The van der Waals surface area contributed by atoms with Gasteiger partial charge in [0, 0.05) is 37.1 Å². The number of nitrogens with zero attached hydrogens (tertiary/aromatic N) is 2. The van der Waals surface area contributed by atoms with Crippen molar-refractivity contribution in [2.24, 2.45) is 0 Å². The van der Waals surface area contributed by atoms with Gasteiger partial charge in [-0.1, -0.05) is 66.7 Å². The highest BCUT2D eigenvalue weighted by Crippen LogP contribution is 2.29. The summed E-state index contributed by atoms with van der Waals surface area (Å²) >= 11 is 0. The van der Waals surface area contributed by atoms with Crippen molar-refractivity contribution in [1.82, 2.24) is 4.90 Å². The lowest BCUT2D eigenvalue weighted by Crippen LogP contribution is -2.48. The molecular weight excluding hydrogens is 490 g/mol. The Labute approximate surface area is 228 Å². The predicted molar refractivity (Wildman–Crippen MR) is 151 cm³/mol. The summed E-state index contributed by atoms with van der Waals surface area (Å²) in [4.78, 5) is 30.8. The fourth-order valence-corrected chi connectivity index (χ4v) is 5.14. The lowest BCUT2D eigenvalue weighted by Gasteiger charge is -2.39.